The molecule has 5 heteroatoms. The van der Waals surface area contributed by atoms with Crippen molar-refractivity contribution in [3.63, 3.8) is 0 Å². The number of nitrogens with zero attached hydrogens (tertiary/aromatic N) is 1. The minimum absolute atomic E-state index is 0.0428. The summed E-state index contributed by atoms with van der Waals surface area (Å²) in [4.78, 5) is 26.6. The molecule has 0 aromatic carbocycles. The third-order valence-electron chi connectivity index (χ3n) is 4.89. The Labute approximate surface area is 144 Å². The molecule has 0 radical (unpaired) electrons. The Bertz CT molecular complexity index is 572. The lowest BCUT2D eigenvalue weighted by Crippen LogP contribution is -2.38. The van der Waals surface area contributed by atoms with Gasteiger partial charge >= 0.3 is 11.9 Å². The Balaban J connectivity index is 1.97. The van der Waals surface area contributed by atoms with Gasteiger partial charge in [0.25, 0.3) is 0 Å². The van der Waals surface area contributed by atoms with Crippen LogP contribution < -0.4 is 0 Å². The maximum Gasteiger partial charge on any atom is 0.339 e. The van der Waals surface area contributed by atoms with E-state index in [9.17, 15) is 9.59 Å². The standard InChI is InChI=1S/C19H27NO4/c1-4-20(5-2)13-9-10-14-23-18(22)16-15(3)17(21)24-19(16)11-7-6-8-12-19/h4-8,11-14H2,1-3H3. The fourth-order valence-corrected chi connectivity index (χ4v) is 3.40. The summed E-state index contributed by atoms with van der Waals surface area (Å²) in [6, 6.07) is 0. The molecule has 0 aromatic heterocycles. The largest absolute Gasteiger partial charge is 0.451 e. The first kappa shape index (κ1) is 18.5. The summed E-state index contributed by atoms with van der Waals surface area (Å²) in [5.74, 6) is 5.03. The summed E-state index contributed by atoms with van der Waals surface area (Å²) >= 11 is 0. The van der Waals surface area contributed by atoms with Gasteiger partial charge < -0.3 is 9.47 Å². The molecular formula is C19H27NO4. The molecule has 1 aliphatic heterocycles. The van der Waals surface area contributed by atoms with Crippen LogP contribution in [0.4, 0.5) is 0 Å². The van der Waals surface area contributed by atoms with Crippen LogP contribution in [-0.4, -0.2) is 48.7 Å². The molecule has 2 rings (SSSR count). The molecule has 0 N–H and O–H groups in total. The second kappa shape index (κ2) is 8.34. The van der Waals surface area contributed by atoms with Crippen molar-refractivity contribution < 1.29 is 19.1 Å². The molecule has 1 heterocycles. The third-order valence-corrected chi connectivity index (χ3v) is 4.89. The molecule has 24 heavy (non-hydrogen) atoms. The first-order valence-electron chi connectivity index (χ1n) is 8.84. The van der Waals surface area contributed by atoms with Crippen LogP contribution in [0.3, 0.4) is 0 Å². The van der Waals surface area contributed by atoms with E-state index in [-0.39, 0.29) is 6.61 Å². The van der Waals surface area contributed by atoms with Crippen LogP contribution in [0.2, 0.25) is 0 Å². The van der Waals surface area contributed by atoms with E-state index in [1.165, 1.54) is 0 Å². The number of carbonyl (C=O) groups excluding carboxylic acids is 2. The minimum Gasteiger partial charge on any atom is -0.451 e. The maximum absolute atomic E-state index is 12.5. The van der Waals surface area contributed by atoms with E-state index in [2.05, 4.69) is 30.6 Å². The highest BCUT2D eigenvalue weighted by molar-refractivity contribution is 6.05. The average molecular weight is 333 g/mol. The van der Waals surface area contributed by atoms with E-state index in [1.54, 1.807) is 6.92 Å². The predicted molar refractivity (Wildman–Crippen MR) is 91.1 cm³/mol. The Morgan fingerprint density at radius 2 is 1.88 bits per heavy atom. The van der Waals surface area contributed by atoms with Crippen molar-refractivity contribution in [2.24, 2.45) is 0 Å². The van der Waals surface area contributed by atoms with Gasteiger partial charge in [0, 0.05) is 5.57 Å². The van der Waals surface area contributed by atoms with Gasteiger partial charge in [-0.05, 0) is 45.7 Å². The SMILES string of the molecule is CCN(CC)CC#CCOC(=O)C1=C(C)C(=O)OC12CCCCC2. The quantitative estimate of drug-likeness (QED) is 0.571. The van der Waals surface area contributed by atoms with Crippen molar-refractivity contribution in [2.75, 3.05) is 26.2 Å². The zero-order valence-electron chi connectivity index (χ0n) is 14.9. The van der Waals surface area contributed by atoms with E-state index >= 15 is 0 Å². The topological polar surface area (TPSA) is 55.8 Å². The summed E-state index contributed by atoms with van der Waals surface area (Å²) < 4.78 is 10.9. The predicted octanol–water partition coefficient (Wildman–Crippen LogP) is 2.45. The highest BCUT2D eigenvalue weighted by Gasteiger charge is 2.50. The van der Waals surface area contributed by atoms with Crippen LogP contribution >= 0.6 is 0 Å². The number of hydrogen-bond donors (Lipinski definition) is 0. The smallest absolute Gasteiger partial charge is 0.339 e. The summed E-state index contributed by atoms with van der Waals surface area (Å²) in [5, 5.41) is 0. The Morgan fingerprint density at radius 1 is 1.21 bits per heavy atom. The summed E-state index contributed by atoms with van der Waals surface area (Å²) in [6.07, 6.45) is 4.43. The van der Waals surface area contributed by atoms with Crippen molar-refractivity contribution in [3.05, 3.63) is 11.1 Å². The summed E-state index contributed by atoms with van der Waals surface area (Å²) in [6.45, 7) is 8.41. The van der Waals surface area contributed by atoms with E-state index in [0.717, 1.165) is 32.4 Å². The zero-order chi connectivity index (χ0) is 17.6. The lowest BCUT2D eigenvalue weighted by molar-refractivity contribution is -0.151. The second-order valence-corrected chi connectivity index (χ2v) is 6.34. The van der Waals surface area contributed by atoms with Gasteiger partial charge in [-0.3, -0.25) is 4.90 Å². The number of rotatable bonds is 5. The van der Waals surface area contributed by atoms with Crippen molar-refractivity contribution >= 4 is 11.9 Å². The lowest BCUT2D eigenvalue weighted by atomic mass is 9.79. The van der Waals surface area contributed by atoms with Gasteiger partial charge in [0.2, 0.25) is 0 Å². The zero-order valence-corrected chi connectivity index (χ0v) is 14.9. The molecule has 1 saturated carbocycles. The monoisotopic (exact) mass is 333 g/mol. The van der Waals surface area contributed by atoms with Crippen LogP contribution in [0.5, 0.6) is 0 Å². The molecular weight excluding hydrogens is 306 g/mol. The molecule has 2 aliphatic rings. The van der Waals surface area contributed by atoms with Crippen molar-refractivity contribution in [2.45, 2.75) is 58.5 Å². The van der Waals surface area contributed by atoms with E-state index in [4.69, 9.17) is 9.47 Å². The number of esters is 2. The fourth-order valence-electron chi connectivity index (χ4n) is 3.40. The highest BCUT2D eigenvalue weighted by Crippen LogP contribution is 2.44. The Hall–Kier alpha value is -1.80. The first-order chi connectivity index (χ1) is 11.5. The molecule has 1 spiro atoms. The van der Waals surface area contributed by atoms with Crippen LogP contribution in [0.1, 0.15) is 52.9 Å². The molecule has 0 atom stereocenters. The van der Waals surface area contributed by atoms with Crippen LogP contribution in [0.25, 0.3) is 0 Å². The van der Waals surface area contributed by atoms with Gasteiger partial charge in [0.1, 0.15) is 5.60 Å². The average Bonchev–Trinajstić information content (AvgIpc) is 2.81. The molecule has 1 aliphatic carbocycles. The fraction of sp³-hybridized carbons (Fsp3) is 0.684. The van der Waals surface area contributed by atoms with Crippen LogP contribution in [-0.2, 0) is 19.1 Å². The van der Waals surface area contributed by atoms with Crippen molar-refractivity contribution in [1.82, 2.24) is 4.90 Å². The lowest BCUT2D eigenvalue weighted by Gasteiger charge is -2.33. The first-order valence-corrected chi connectivity index (χ1v) is 8.84. The molecule has 5 nitrogen and oxygen atoms in total. The molecule has 0 unspecified atom stereocenters. The van der Waals surface area contributed by atoms with Gasteiger partial charge in [0.15, 0.2) is 6.61 Å². The van der Waals surface area contributed by atoms with Gasteiger partial charge in [-0.25, -0.2) is 9.59 Å². The van der Waals surface area contributed by atoms with Gasteiger partial charge in [-0.1, -0.05) is 32.1 Å². The van der Waals surface area contributed by atoms with Crippen molar-refractivity contribution in [1.29, 1.82) is 0 Å². The highest BCUT2D eigenvalue weighted by atomic mass is 16.6. The molecule has 0 saturated heterocycles. The van der Waals surface area contributed by atoms with Gasteiger partial charge in [0.05, 0.1) is 12.1 Å². The van der Waals surface area contributed by atoms with Crippen LogP contribution in [0, 0.1) is 11.8 Å². The third kappa shape index (κ3) is 3.99. The molecule has 132 valence electrons. The number of ether oxygens (including phenoxy) is 2. The van der Waals surface area contributed by atoms with Crippen LogP contribution in [0.15, 0.2) is 11.1 Å². The molecule has 1 fully saturated rings. The Kier molecular flexibility index (Phi) is 6.44. The maximum atomic E-state index is 12.5. The summed E-state index contributed by atoms with van der Waals surface area (Å²) in [5.41, 5.74) is 0.0428. The molecule has 0 amide bonds. The molecule has 0 bridgehead atoms. The summed E-state index contributed by atoms with van der Waals surface area (Å²) in [7, 11) is 0. The number of carbonyl (C=O) groups is 2. The number of hydrogen-bond acceptors (Lipinski definition) is 5. The van der Waals surface area contributed by atoms with E-state index in [0.29, 0.717) is 30.5 Å². The van der Waals surface area contributed by atoms with Gasteiger partial charge in [-0.2, -0.15) is 0 Å². The second-order valence-electron chi connectivity index (χ2n) is 6.34. The van der Waals surface area contributed by atoms with E-state index in [1.807, 2.05) is 0 Å². The normalized spacial score (nSPS) is 19.2. The van der Waals surface area contributed by atoms with Crippen molar-refractivity contribution in [3.8, 4) is 11.8 Å². The Morgan fingerprint density at radius 3 is 2.50 bits per heavy atom. The van der Waals surface area contributed by atoms with E-state index < -0.39 is 17.5 Å². The molecule has 0 aromatic rings. The minimum atomic E-state index is -0.759. The van der Waals surface area contributed by atoms with Gasteiger partial charge in [-0.15, -0.1) is 0 Å².